The van der Waals surface area contributed by atoms with Crippen molar-refractivity contribution in [2.45, 2.75) is 58.4 Å². The fourth-order valence-corrected chi connectivity index (χ4v) is 3.27. The molecule has 1 aliphatic rings. The van der Waals surface area contributed by atoms with Gasteiger partial charge in [0.15, 0.2) is 0 Å². The van der Waals surface area contributed by atoms with Crippen LogP contribution in [0.15, 0.2) is 24.3 Å². The van der Waals surface area contributed by atoms with Crippen LogP contribution in [0.1, 0.15) is 57.9 Å². The van der Waals surface area contributed by atoms with Gasteiger partial charge in [-0.1, -0.05) is 45.7 Å². The molecule has 3 nitrogen and oxygen atoms in total. The van der Waals surface area contributed by atoms with Crippen LogP contribution >= 0.6 is 0 Å². The van der Waals surface area contributed by atoms with Crippen molar-refractivity contribution in [3.8, 4) is 0 Å². The van der Waals surface area contributed by atoms with Gasteiger partial charge < -0.3 is 11.1 Å². The molecule has 0 radical (unpaired) electrons. The molecule has 0 heterocycles. The molecule has 21 heavy (non-hydrogen) atoms. The molecule has 1 aliphatic carbocycles. The Morgan fingerprint density at radius 3 is 2.62 bits per heavy atom. The lowest BCUT2D eigenvalue weighted by Crippen LogP contribution is -2.43. The van der Waals surface area contributed by atoms with Gasteiger partial charge in [0.25, 0.3) is 0 Å². The maximum atomic E-state index is 12.3. The molecule has 1 amide bonds. The quantitative estimate of drug-likeness (QED) is 0.830. The first-order valence-electron chi connectivity index (χ1n) is 8.12. The number of rotatable bonds is 4. The van der Waals surface area contributed by atoms with Crippen molar-refractivity contribution in [2.24, 2.45) is 11.8 Å². The van der Waals surface area contributed by atoms with E-state index in [-0.39, 0.29) is 11.8 Å². The van der Waals surface area contributed by atoms with Crippen molar-refractivity contribution >= 4 is 11.6 Å². The van der Waals surface area contributed by atoms with E-state index in [1.807, 2.05) is 24.3 Å². The van der Waals surface area contributed by atoms with Gasteiger partial charge in [0.05, 0.1) is 0 Å². The number of benzene rings is 1. The Morgan fingerprint density at radius 2 is 1.95 bits per heavy atom. The standard InChI is InChI=1S/C18H28N2O/c1-12-5-4-6-17(14(12)3)20-18(21)11-13(2)15-7-9-16(19)10-8-15/h7-10,12-14,17H,4-6,11,19H2,1-3H3,(H,20,21). The third-order valence-corrected chi connectivity index (χ3v) is 5.05. The van der Waals surface area contributed by atoms with Crippen LogP contribution < -0.4 is 11.1 Å². The Labute approximate surface area is 128 Å². The van der Waals surface area contributed by atoms with Gasteiger partial charge in [0.2, 0.25) is 5.91 Å². The summed E-state index contributed by atoms with van der Waals surface area (Å²) >= 11 is 0. The number of nitrogens with one attached hydrogen (secondary N) is 1. The lowest BCUT2D eigenvalue weighted by atomic mass is 9.78. The Balaban J connectivity index is 1.87. The van der Waals surface area contributed by atoms with Crippen LogP contribution in [0.2, 0.25) is 0 Å². The monoisotopic (exact) mass is 288 g/mol. The van der Waals surface area contributed by atoms with Crippen LogP contribution in [0.3, 0.4) is 0 Å². The first-order chi connectivity index (χ1) is 9.97. The van der Waals surface area contributed by atoms with Crippen LogP contribution in [0, 0.1) is 11.8 Å². The normalized spacial score (nSPS) is 27.1. The lowest BCUT2D eigenvalue weighted by Gasteiger charge is -2.34. The maximum Gasteiger partial charge on any atom is 0.220 e. The van der Waals surface area contributed by atoms with Gasteiger partial charge in [0.1, 0.15) is 0 Å². The summed E-state index contributed by atoms with van der Waals surface area (Å²) in [4.78, 5) is 12.3. The van der Waals surface area contributed by atoms with E-state index >= 15 is 0 Å². The molecule has 4 atom stereocenters. The SMILES string of the molecule is CC(CC(=O)NC1CCCC(C)C1C)c1ccc(N)cc1. The number of carbonyl (C=O) groups excluding carboxylic acids is 1. The summed E-state index contributed by atoms with van der Waals surface area (Å²) in [6.07, 6.45) is 4.17. The Hall–Kier alpha value is -1.51. The van der Waals surface area contributed by atoms with Crippen molar-refractivity contribution in [3.05, 3.63) is 29.8 Å². The second-order valence-corrected chi connectivity index (χ2v) is 6.71. The van der Waals surface area contributed by atoms with Crippen molar-refractivity contribution in [1.29, 1.82) is 0 Å². The Kier molecular flexibility index (Phi) is 5.27. The average Bonchev–Trinajstić information content (AvgIpc) is 2.44. The highest BCUT2D eigenvalue weighted by Gasteiger charge is 2.28. The fraction of sp³-hybridized carbons (Fsp3) is 0.611. The molecule has 0 saturated heterocycles. The smallest absolute Gasteiger partial charge is 0.220 e. The Bertz CT molecular complexity index is 469. The Morgan fingerprint density at radius 1 is 1.29 bits per heavy atom. The minimum Gasteiger partial charge on any atom is -0.399 e. The second kappa shape index (κ2) is 6.97. The number of hydrogen-bond donors (Lipinski definition) is 2. The topological polar surface area (TPSA) is 55.1 Å². The summed E-state index contributed by atoms with van der Waals surface area (Å²) in [5.41, 5.74) is 7.64. The number of anilines is 1. The molecular weight excluding hydrogens is 260 g/mol. The summed E-state index contributed by atoms with van der Waals surface area (Å²) in [6.45, 7) is 6.65. The van der Waals surface area contributed by atoms with Gasteiger partial charge in [-0.2, -0.15) is 0 Å². The molecule has 3 heteroatoms. The molecule has 0 spiro atoms. The average molecular weight is 288 g/mol. The summed E-state index contributed by atoms with van der Waals surface area (Å²) in [6, 6.07) is 8.17. The number of nitrogens with two attached hydrogens (primary N) is 1. The number of nitrogen functional groups attached to an aromatic ring is 1. The summed E-state index contributed by atoms with van der Waals surface area (Å²) < 4.78 is 0. The van der Waals surface area contributed by atoms with E-state index in [4.69, 9.17) is 5.73 Å². The molecule has 1 fully saturated rings. The van der Waals surface area contributed by atoms with Crippen molar-refractivity contribution in [1.82, 2.24) is 5.32 Å². The largest absolute Gasteiger partial charge is 0.399 e. The van der Waals surface area contributed by atoms with Crippen LogP contribution in [0.4, 0.5) is 5.69 Å². The zero-order chi connectivity index (χ0) is 15.4. The predicted octanol–water partition coefficient (Wildman–Crippen LogP) is 3.70. The van der Waals surface area contributed by atoms with Gasteiger partial charge in [-0.25, -0.2) is 0 Å². The fourth-order valence-electron chi connectivity index (χ4n) is 3.27. The van der Waals surface area contributed by atoms with E-state index in [9.17, 15) is 4.79 Å². The molecule has 0 bridgehead atoms. The summed E-state index contributed by atoms with van der Waals surface area (Å²) in [5, 5.41) is 3.25. The van der Waals surface area contributed by atoms with Crippen molar-refractivity contribution < 1.29 is 4.79 Å². The van der Waals surface area contributed by atoms with E-state index in [0.717, 1.165) is 12.1 Å². The molecule has 0 aromatic heterocycles. The molecule has 3 N–H and O–H groups in total. The third kappa shape index (κ3) is 4.23. The molecule has 1 saturated carbocycles. The highest BCUT2D eigenvalue weighted by Crippen LogP contribution is 2.30. The molecule has 4 unspecified atom stereocenters. The van der Waals surface area contributed by atoms with E-state index in [0.29, 0.717) is 24.3 Å². The van der Waals surface area contributed by atoms with Gasteiger partial charge in [-0.15, -0.1) is 0 Å². The van der Waals surface area contributed by atoms with E-state index in [1.165, 1.54) is 18.4 Å². The van der Waals surface area contributed by atoms with Crippen LogP contribution in [-0.4, -0.2) is 11.9 Å². The minimum absolute atomic E-state index is 0.172. The van der Waals surface area contributed by atoms with Gasteiger partial charge >= 0.3 is 0 Å². The minimum atomic E-state index is 0.172. The van der Waals surface area contributed by atoms with E-state index in [2.05, 4.69) is 26.1 Å². The highest BCUT2D eigenvalue weighted by atomic mass is 16.1. The molecule has 1 aromatic rings. The maximum absolute atomic E-state index is 12.3. The van der Waals surface area contributed by atoms with Crippen molar-refractivity contribution in [2.75, 3.05) is 5.73 Å². The van der Waals surface area contributed by atoms with Crippen LogP contribution in [-0.2, 0) is 4.79 Å². The number of carbonyl (C=O) groups is 1. The third-order valence-electron chi connectivity index (χ3n) is 5.05. The molecule has 1 aromatic carbocycles. The van der Waals surface area contributed by atoms with Gasteiger partial charge in [-0.3, -0.25) is 4.79 Å². The highest BCUT2D eigenvalue weighted by molar-refractivity contribution is 5.77. The number of hydrogen-bond acceptors (Lipinski definition) is 2. The first kappa shape index (κ1) is 15.9. The van der Waals surface area contributed by atoms with Crippen LogP contribution in [0.5, 0.6) is 0 Å². The van der Waals surface area contributed by atoms with Crippen LogP contribution in [0.25, 0.3) is 0 Å². The predicted molar refractivity (Wildman–Crippen MR) is 88.0 cm³/mol. The lowest BCUT2D eigenvalue weighted by molar-refractivity contribution is -0.122. The zero-order valence-corrected chi connectivity index (χ0v) is 13.4. The van der Waals surface area contributed by atoms with E-state index in [1.54, 1.807) is 0 Å². The molecule has 0 aliphatic heterocycles. The number of amides is 1. The molecule has 116 valence electrons. The molecular formula is C18H28N2O. The van der Waals surface area contributed by atoms with E-state index < -0.39 is 0 Å². The zero-order valence-electron chi connectivity index (χ0n) is 13.4. The second-order valence-electron chi connectivity index (χ2n) is 6.71. The van der Waals surface area contributed by atoms with Crippen molar-refractivity contribution in [3.63, 3.8) is 0 Å². The van der Waals surface area contributed by atoms with Gasteiger partial charge in [-0.05, 0) is 41.9 Å². The summed E-state index contributed by atoms with van der Waals surface area (Å²) in [7, 11) is 0. The molecule has 2 rings (SSSR count). The first-order valence-corrected chi connectivity index (χ1v) is 8.12. The van der Waals surface area contributed by atoms with Gasteiger partial charge in [0, 0.05) is 18.2 Å². The summed E-state index contributed by atoms with van der Waals surface area (Å²) in [5.74, 6) is 1.68.